The van der Waals surface area contributed by atoms with Gasteiger partial charge in [-0.3, -0.25) is 4.72 Å². The van der Waals surface area contributed by atoms with Gasteiger partial charge in [0.25, 0.3) is 10.0 Å². The number of halogens is 3. The summed E-state index contributed by atoms with van der Waals surface area (Å²) < 4.78 is 27.5. The number of hydrogen-bond acceptors (Lipinski definition) is 3. The Labute approximate surface area is 173 Å². The van der Waals surface area contributed by atoms with Gasteiger partial charge in [-0.25, -0.2) is 13.2 Å². The highest BCUT2D eigenvalue weighted by Crippen LogP contribution is 2.33. The van der Waals surface area contributed by atoms with Crippen molar-refractivity contribution < 1.29 is 13.2 Å². The van der Waals surface area contributed by atoms with Crippen LogP contribution in [0.5, 0.6) is 0 Å². The second-order valence-electron chi connectivity index (χ2n) is 5.48. The number of benzene rings is 2. The minimum Gasteiger partial charge on any atom is -0.325 e. The van der Waals surface area contributed by atoms with Crippen LogP contribution >= 0.6 is 34.8 Å². The zero-order valence-corrected chi connectivity index (χ0v) is 17.7. The molecule has 0 spiro atoms. The molecule has 2 rings (SSSR count). The zero-order valence-electron chi connectivity index (χ0n) is 14.6. The van der Waals surface area contributed by atoms with Crippen LogP contribution in [0.15, 0.2) is 41.3 Å². The van der Waals surface area contributed by atoms with Crippen molar-refractivity contribution in [3.05, 3.63) is 51.5 Å². The van der Waals surface area contributed by atoms with Crippen molar-refractivity contribution in [2.24, 2.45) is 0 Å². The Balaban J connectivity index is 2.18. The van der Waals surface area contributed by atoms with E-state index in [4.69, 9.17) is 34.8 Å². The molecule has 10 heteroatoms. The second kappa shape index (κ2) is 9.01. The molecule has 0 fully saturated rings. The Kier molecular flexibility index (Phi) is 7.22. The number of sulfonamides is 1. The minimum absolute atomic E-state index is 0.00507. The van der Waals surface area contributed by atoms with Crippen LogP contribution in [-0.2, 0) is 10.0 Å². The van der Waals surface area contributed by atoms with Crippen LogP contribution in [0.3, 0.4) is 0 Å². The van der Waals surface area contributed by atoms with E-state index in [-0.39, 0.29) is 31.7 Å². The molecule has 0 bridgehead atoms. The smallest absolute Gasteiger partial charge is 0.321 e. The average Bonchev–Trinajstić information content (AvgIpc) is 2.61. The number of rotatable bonds is 6. The predicted octanol–water partition coefficient (Wildman–Crippen LogP) is 5.32. The Bertz CT molecular complexity index is 930. The number of amides is 2. The summed E-state index contributed by atoms with van der Waals surface area (Å²) in [6.45, 7) is 4.89. The summed E-state index contributed by atoms with van der Waals surface area (Å²) in [5.74, 6) is 0. The Morgan fingerprint density at radius 1 is 0.963 bits per heavy atom. The third-order valence-corrected chi connectivity index (χ3v) is 6.14. The number of anilines is 2. The van der Waals surface area contributed by atoms with Crippen molar-refractivity contribution in [2.45, 2.75) is 18.7 Å². The molecule has 2 aromatic rings. The van der Waals surface area contributed by atoms with E-state index in [0.717, 1.165) is 0 Å². The van der Waals surface area contributed by atoms with Gasteiger partial charge in [-0.15, -0.1) is 0 Å². The first-order valence-corrected chi connectivity index (χ1v) is 10.6. The average molecular weight is 451 g/mol. The van der Waals surface area contributed by atoms with E-state index in [2.05, 4.69) is 10.0 Å². The van der Waals surface area contributed by atoms with Gasteiger partial charge in [0.05, 0.1) is 25.7 Å². The summed E-state index contributed by atoms with van der Waals surface area (Å²) in [5, 5.41) is 3.23. The highest BCUT2D eigenvalue weighted by atomic mass is 35.5. The number of carbonyl (C=O) groups is 1. The van der Waals surface area contributed by atoms with Gasteiger partial charge in [0.2, 0.25) is 0 Å². The van der Waals surface area contributed by atoms with E-state index in [9.17, 15) is 13.2 Å². The summed E-state index contributed by atoms with van der Waals surface area (Å²) >= 11 is 17.8. The molecule has 2 amide bonds. The van der Waals surface area contributed by atoms with Crippen LogP contribution in [0.4, 0.5) is 16.2 Å². The maximum Gasteiger partial charge on any atom is 0.321 e. The van der Waals surface area contributed by atoms with E-state index < -0.39 is 10.0 Å². The van der Waals surface area contributed by atoms with Gasteiger partial charge in [-0.1, -0.05) is 34.8 Å². The summed E-state index contributed by atoms with van der Waals surface area (Å²) in [6, 6.07) is 8.21. The fourth-order valence-corrected chi connectivity index (χ4v) is 3.96. The molecule has 0 aliphatic heterocycles. The van der Waals surface area contributed by atoms with Crippen molar-refractivity contribution in [1.82, 2.24) is 4.90 Å². The van der Waals surface area contributed by atoms with Crippen LogP contribution < -0.4 is 10.0 Å². The van der Waals surface area contributed by atoms with Crippen LogP contribution in [0.2, 0.25) is 15.1 Å². The van der Waals surface area contributed by atoms with Gasteiger partial charge in [0.15, 0.2) is 0 Å². The lowest BCUT2D eigenvalue weighted by Crippen LogP contribution is -2.34. The summed E-state index contributed by atoms with van der Waals surface area (Å²) in [4.78, 5) is 13.7. The van der Waals surface area contributed by atoms with Crippen LogP contribution in [-0.4, -0.2) is 32.4 Å². The van der Waals surface area contributed by atoms with Gasteiger partial charge in [0, 0.05) is 18.8 Å². The monoisotopic (exact) mass is 449 g/mol. The third-order valence-electron chi connectivity index (χ3n) is 3.72. The molecule has 0 saturated heterocycles. The third kappa shape index (κ3) is 5.42. The fraction of sp³-hybridized carbons (Fsp3) is 0.235. The minimum atomic E-state index is -3.90. The molecular formula is C17H18Cl3N3O3S. The number of carbonyl (C=O) groups excluding carboxylic acids is 1. The van der Waals surface area contributed by atoms with Gasteiger partial charge in [0.1, 0.15) is 0 Å². The Hall–Kier alpha value is -1.67. The maximum absolute atomic E-state index is 12.5. The van der Waals surface area contributed by atoms with E-state index in [1.54, 1.807) is 4.90 Å². The SMILES string of the molecule is CCN(CC)C(=O)Nc1ccc(S(=O)(=O)Nc2cc(Cl)c(Cl)cc2Cl)cc1. The molecular weight excluding hydrogens is 433 g/mol. The lowest BCUT2D eigenvalue weighted by atomic mass is 10.3. The molecule has 0 radical (unpaired) electrons. The molecule has 0 saturated carbocycles. The molecule has 27 heavy (non-hydrogen) atoms. The topological polar surface area (TPSA) is 78.5 Å². The molecule has 0 aliphatic rings. The molecule has 0 heterocycles. The zero-order chi connectivity index (χ0) is 20.2. The largest absolute Gasteiger partial charge is 0.325 e. The summed E-state index contributed by atoms with van der Waals surface area (Å²) in [5.41, 5.74) is 0.600. The molecule has 6 nitrogen and oxygen atoms in total. The molecule has 2 N–H and O–H groups in total. The Morgan fingerprint density at radius 3 is 2.07 bits per heavy atom. The lowest BCUT2D eigenvalue weighted by molar-refractivity contribution is 0.217. The quantitative estimate of drug-likeness (QED) is 0.584. The lowest BCUT2D eigenvalue weighted by Gasteiger charge is -2.19. The summed E-state index contributed by atoms with van der Waals surface area (Å²) in [6.07, 6.45) is 0. The van der Waals surface area contributed by atoms with Crippen LogP contribution in [0.25, 0.3) is 0 Å². The molecule has 146 valence electrons. The van der Waals surface area contributed by atoms with E-state index in [1.165, 1.54) is 36.4 Å². The first-order valence-electron chi connectivity index (χ1n) is 8.01. The fourth-order valence-electron chi connectivity index (χ4n) is 2.24. The maximum atomic E-state index is 12.5. The number of hydrogen-bond donors (Lipinski definition) is 2. The van der Waals surface area contributed by atoms with Crippen molar-refractivity contribution in [2.75, 3.05) is 23.1 Å². The number of nitrogens with one attached hydrogen (secondary N) is 2. The van der Waals surface area contributed by atoms with E-state index in [1.807, 2.05) is 13.8 Å². The van der Waals surface area contributed by atoms with Crippen LogP contribution in [0.1, 0.15) is 13.8 Å². The molecule has 2 aromatic carbocycles. The number of urea groups is 1. The standard InChI is InChI=1S/C17H18Cl3N3O3S/c1-3-23(4-2)17(24)21-11-5-7-12(8-6-11)27(25,26)22-16-10-14(19)13(18)9-15(16)20/h5-10,22H,3-4H2,1-2H3,(H,21,24). The van der Waals surface area contributed by atoms with Crippen molar-refractivity contribution in [3.63, 3.8) is 0 Å². The predicted molar refractivity (Wildman–Crippen MR) is 111 cm³/mol. The molecule has 0 aliphatic carbocycles. The van der Waals surface area contributed by atoms with Gasteiger partial charge in [-0.05, 0) is 50.2 Å². The first-order chi connectivity index (χ1) is 12.7. The van der Waals surface area contributed by atoms with Gasteiger partial charge < -0.3 is 10.2 Å². The Morgan fingerprint density at radius 2 is 1.52 bits per heavy atom. The first kappa shape index (κ1) is 21.6. The number of nitrogens with zero attached hydrogens (tertiary/aromatic N) is 1. The van der Waals surface area contributed by atoms with Crippen molar-refractivity contribution in [1.29, 1.82) is 0 Å². The van der Waals surface area contributed by atoms with Crippen molar-refractivity contribution >= 4 is 62.2 Å². The van der Waals surface area contributed by atoms with Crippen molar-refractivity contribution in [3.8, 4) is 0 Å². The molecule has 0 aromatic heterocycles. The second-order valence-corrected chi connectivity index (χ2v) is 8.38. The van der Waals surface area contributed by atoms with Crippen LogP contribution in [0, 0.1) is 0 Å². The highest BCUT2D eigenvalue weighted by Gasteiger charge is 2.17. The van der Waals surface area contributed by atoms with E-state index >= 15 is 0 Å². The van der Waals surface area contributed by atoms with Gasteiger partial charge in [-0.2, -0.15) is 0 Å². The highest BCUT2D eigenvalue weighted by molar-refractivity contribution is 7.92. The van der Waals surface area contributed by atoms with Gasteiger partial charge >= 0.3 is 6.03 Å². The summed E-state index contributed by atoms with van der Waals surface area (Å²) in [7, 11) is -3.90. The molecule has 0 atom stereocenters. The van der Waals surface area contributed by atoms with E-state index in [0.29, 0.717) is 18.8 Å². The molecule has 0 unspecified atom stereocenters. The normalized spacial score (nSPS) is 11.1.